The van der Waals surface area contributed by atoms with E-state index < -0.39 is 49.7 Å². The van der Waals surface area contributed by atoms with Crippen LogP contribution in [-0.2, 0) is 22.1 Å². The summed E-state index contributed by atoms with van der Waals surface area (Å²) in [7, 11) is -0.731. The molecule has 0 unspecified atom stereocenters. The van der Waals surface area contributed by atoms with E-state index in [4.69, 9.17) is 4.74 Å². The van der Waals surface area contributed by atoms with E-state index in [2.05, 4.69) is 17.2 Å². The molecule has 1 amide bonds. The monoisotopic (exact) mass is 663 g/mol. The van der Waals surface area contributed by atoms with Crippen molar-refractivity contribution in [3.63, 3.8) is 0 Å². The number of fused-ring (bicyclic) bond motifs is 2. The fraction of sp³-hybridized carbons (Fsp3) is 0.485. The maximum atomic E-state index is 14.9. The van der Waals surface area contributed by atoms with Crippen molar-refractivity contribution in [2.24, 2.45) is 0 Å². The molecule has 1 fully saturated rings. The minimum Gasteiger partial charge on any atom is -0.443 e. The minimum atomic E-state index is -4.48. The van der Waals surface area contributed by atoms with Crippen LogP contribution in [0.3, 0.4) is 0 Å². The number of nitrogens with zero attached hydrogens (tertiary/aromatic N) is 2. The molecule has 3 heterocycles. The Balaban J connectivity index is 1.55. The second-order valence-corrected chi connectivity index (χ2v) is 17.4. The van der Waals surface area contributed by atoms with Crippen molar-refractivity contribution in [1.82, 2.24) is 4.90 Å². The van der Waals surface area contributed by atoms with Gasteiger partial charge in [0.15, 0.2) is 0 Å². The van der Waals surface area contributed by atoms with Crippen molar-refractivity contribution < 1.29 is 31.7 Å². The molecule has 3 aromatic rings. The van der Waals surface area contributed by atoms with Crippen LogP contribution in [0.15, 0.2) is 36.4 Å². The summed E-state index contributed by atoms with van der Waals surface area (Å²) in [5.41, 5.74) is 1.17. The van der Waals surface area contributed by atoms with Gasteiger partial charge < -0.3 is 19.5 Å². The lowest BCUT2D eigenvalue weighted by Gasteiger charge is -2.33. The molecule has 12 heteroatoms. The molecule has 2 aromatic carbocycles. The number of carbonyl (C=O) groups is 1. The van der Waals surface area contributed by atoms with E-state index in [9.17, 15) is 26.9 Å². The first kappa shape index (κ1) is 33.3. The van der Waals surface area contributed by atoms with Crippen LogP contribution in [0.1, 0.15) is 43.2 Å². The molecule has 0 bridgehead atoms. The summed E-state index contributed by atoms with van der Waals surface area (Å²) in [6.07, 6.45) is -6.53. The third-order valence-corrected chi connectivity index (χ3v) is 10.6. The van der Waals surface area contributed by atoms with Crippen molar-refractivity contribution in [3.05, 3.63) is 52.4 Å². The number of thiophene rings is 1. The van der Waals surface area contributed by atoms with E-state index in [1.54, 1.807) is 64.4 Å². The molecule has 45 heavy (non-hydrogen) atoms. The Morgan fingerprint density at radius 2 is 1.91 bits per heavy atom. The van der Waals surface area contributed by atoms with E-state index in [1.807, 2.05) is 18.0 Å². The second-order valence-electron chi connectivity index (χ2n) is 13.2. The first-order chi connectivity index (χ1) is 20.9. The average Bonchev–Trinajstić information content (AvgIpc) is 3.44. The highest BCUT2D eigenvalue weighted by molar-refractivity contribution is 7.70. The van der Waals surface area contributed by atoms with E-state index in [-0.39, 0.29) is 17.0 Å². The first-order valence-electron chi connectivity index (χ1n) is 14.8. The van der Waals surface area contributed by atoms with Crippen molar-refractivity contribution in [2.75, 3.05) is 43.7 Å². The molecule has 0 spiro atoms. The smallest absolute Gasteiger partial charge is 0.415 e. The number of anilines is 2. The van der Waals surface area contributed by atoms with Crippen molar-refractivity contribution in [1.29, 1.82) is 0 Å². The second kappa shape index (κ2) is 12.3. The number of nitrogens with one attached hydrogen (secondary N) is 1. The molecule has 2 aliphatic rings. The first-order valence-corrected chi connectivity index (χ1v) is 18.2. The molecule has 1 saturated heterocycles. The lowest BCUT2D eigenvalue weighted by Crippen LogP contribution is -2.46. The van der Waals surface area contributed by atoms with Gasteiger partial charge in [-0.3, -0.25) is 4.90 Å². The summed E-state index contributed by atoms with van der Waals surface area (Å²) in [5.74, 6) is 6.08. The predicted molar refractivity (Wildman–Crippen MR) is 175 cm³/mol. The lowest BCUT2D eigenvalue weighted by atomic mass is 10.0. The van der Waals surface area contributed by atoms with Gasteiger partial charge in [0.25, 0.3) is 0 Å². The third kappa shape index (κ3) is 7.67. The molecule has 1 aromatic heterocycles. The standard InChI is InChI=1S/C33H38F4N3O3PS/c1-32(2,3)43-31(41)40-21(16-20-17-22(44(5,6)42)11-12-28(20)40)10-13-29-24(18-33(35,36)37)23-8-7-9-27(30(23)45-29)38-26-14-15-39(4)19-25(26)34/h7-9,11-12,17,21,25-26,38H,14-16,18-19H2,1-6H3/t21-,25+,26-/m1/s1. The Labute approximate surface area is 265 Å². The number of carbonyl (C=O) groups excluding carboxylic acids is 1. The number of ether oxygens (including phenoxy) is 1. The molecule has 0 radical (unpaired) electrons. The van der Waals surface area contributed by atoms with Gasteiger partial charge in [0.1, 0.15) is 25.0 Å². The van der Waals surface area contributed by atoms with Gasteiger partial charge in [0.2, 0.25) is 0 Å². The van der Waals surface area contributed by atoms with Crippen LogP contribution in [0.2, 0.25) is 0 Å². The van der Waals surface area contributed by atoms with E-state index in [0.717, 1.165) is 16.9 Å². The Bertz CT molecular complexity index is 1720. The molecule has 242 valence electrons. The molecule has 0 saturated carbocycles. The number of likely N-dealkylation sites (tertiary alicyclic amines) is 1. The fourth-order valence-electron chi connectivity index (χ4n) is 5.75. The van der Waals surface area contributed by atoms with E-state index >= 15 is 0 Å². The molecule has 3 atom stereocenters. The Hall–Kier alpha value is -3.06. The highest BCUT2D eigenvalue weighted by Crippen LogP contribution is 2.41. The zero-order valence-corrected chi connectivity index (χ0v) is 27.9. The van der Waals surface area contributed by atoms with Crippen LogP contribution in [0.25, 0.3) is 10.1 Å². The molecular formula is C33H38F4N3O3PS. The normalized spacial score (nSPS) is 20.9. The highest BCUT2D eigenvalue weighted by Gasteiger charge is 2.37. The van der Waals surface area contributed by atoms with Gasteiger partial charge in [-0.05, 0) is 88.3 Å². The topological polar surface area (TPSA) is 61.9 Å². The van der Waals surface area contributed by atoms with Gasteiger partial charge in [-0.2, -0.15) is 13.2 Å². The number of hydrogen-bond acceptors (Lipinski definition) is 6. The molecule has 0 aliphatic carbocycles. The molecular weight excluding hydrogens is 625 g/mol. The van der Waals surface area contributed by atoms with Crippen molar-refractivity contribution in [3.8, 4) is 11.8 Å². The van der Waals surface area contributed by atoms with E-state index in [0.29, 0.717) is 46.2 Å². The van der Waals surface area contributed by atoms with Crippen LogP contribution < -0.4 is 15.5 Å². The number of benzene rings is 2. The molecule has 6 nitrogen and oxygen atoms in total. The number of piperidine rings is 1. The van der Waals surface area contributed by atoms with Gasteiger partial charge in [-0.15, -0.1) is 11.3 Å². The van der Waals surface area contributed by atoms with Crippen LogP contribution in [0.4, 0.5) is 33.7 Å². The average molecular weight is 664 g/mol. The van der Waals surface area contributed by atoms with Crippen molar-refractivity contribution in [2.45, 2.75) is 70.1 Å². The lowest BCUT2D eigenvalue weighted by molar-refractivity contribution is -0.126. The number of amides is 1. The van der Waals surface area contributed by atoms with Gasteiger partial charge in [-0.1, -0.05) is 24.0 Å². The maximum Gasteiger partial charge on any atom is 0.415 e. The largest absolute Gasteiger partial charge is 0.443 e. The van der Waals surface area contributed by atoms with Crippen LogP contribution >= 0.6 is 18.5 Å². The zero-order chi connectivity index (χ0) is 32.9. The summed E-state index contributed by atoms with van der Waals surface area (Å²) in [5, 5.41) is 4.33. The predicted octanol–water partition coefficient (Wildman–Crippen LogP) is 7.43. The van der Waals surface area contributed by atoms with Crippen LogP contribution in [0, 0.1) is 11.8 Å². The molecule has 2 aliphatic heterocycles. The number of halogens is 4. The minimum absolute atomic E-state index is 0.0540. The van der Waals surface area contributed by atoms with Gasteiger partial charge in [0.05, 0.1) is 33.4 Å². The number of hydrogen-bond donors (Lipinski definition) is 1. The molecule has 1 N–H and O–H groups in total. The summed E-state index contributed by atoms with van der Waals surface area (Å²) in [6.45, 7) is 9.57. The van der Waals surface area contributed by atoms with Crippen LogP contribution in [0.5, 0.6) is 0 Å². The Morgan fingerprint density at radius 1 is 1.18 bits per heavy atom. The number of rotatable bonds is 4. The summed E-state index contributed by atoms with van der Waals surface area (Å²) in [4.78, 5) is 17.0. The summed E-state index contributed by atoms with van der Waals surface area (Å²) >= 11 is 1.13. The van der Waals surface area contributed by atoms with Gasteiger partial charge in [-0.25, -0.2) is 9.18 Å². The SMILES string of the molecule is CN1CC[C@@H](Nc2cccc3c(CC(F)(F)F)c(C#C[C@@H]4Cc5cc(P(C)(C)=O)ccc5N4C(=O)OC(C)(C)C)sc23)[C@@H](F)C1. The molecule has 5 rings (SSSR count). The summed E-state index contributed by atoms with van der Waals surface area (Å²) in [6, 6.07) is 9.15. The quantitative estimate of drug-likeness (QED) is 0.179. The van der Waals surface area contributed by atoms with Crippen molar-refractivity contribution >= 4 is 51.3 Å². The third-order valence-electron chi connectivity index (χ3n) is 7.89. The Kier molecular flexibility index (Phi) is 9.09. The van der Waals surface area contributed by atoms with Gasteiger partial charge in [0, 0.05) is 24.8 Å². The van der Waals surface area contributed by atoms with E-state index in [1.165, 1.54) is 4.90 Å². The van der Waals surface area contributed by atoms with Crippen LogP contribution in [-0.4, -0.2) is 74.5 Å². The van der Waals surface area contributed by atoms with Gasteiger partial charge >= 0.3 is 12.3 Å². The highest BCUT2D eigenvalue weighted by atomic mass is 32.1. The Morgan fingerprint density at radius 3 is 2.56 bits per heavy atom. The zero-order valence-electron chi connectivity index (χ0n) is 26.2. The maximum absolute atomic E-state index is 14.9. The summed E-state index contributed by atoms with van der Waals surface area (Å²) < 4.78 is 75.5. The number of alkyl halides is 4. The fourth-order valence-corrected chi connectivity index (χ4v) is 7.81.